The Morgan fingerprint density at radius 2 is 2.00 bits per heavy atom. The summed E-state index contributed by atoms with van der Waals surface area (Å²) in [6, 6.07) is 14.4. The maximum absolute atomic E-state index is 6.04. The number of hydrogen-bond donors (Lipinski definition) is 1. The summed E-state index contributed by atoms with van der Waals surface area (Å²) in [6.45, 7) is 4.98. The predicted octanol–water partition coefficient (Wildman–Crippen LogP) is 5.82. The molecule has 0 radical (unpaired) electrons. The van der Waals surface area contributed by atoms with Gasteiger partial charge in [0.25, 0.3) is 0 Å². The van der Waals surface area contributed by atoms with Gasteiger partial charge >= 0.3 is 0 Å². The van der Waals surface area contributed by atoms with Crippen LogP contribution in [0.15, 0.2) is 42.5 Å². The van der Waals surface area contributed by atoms with Gasteiger partial charge in [-0.25, -0.2) is 0 Å². The minimum atomic E-state index is 0.689. The third-order valence-electron chi connectivity index (χ3n) is 5.07. The van der Waals surface area contributed by atoms with Crippen LogP contribution < -0.4 is 10.1 Å². The molecule has 2 heterocycles. The summed E-state index contributed by atoms with van der Waals surface area (Å²) in [5.41, 5.74) is 1.34. The number of fused-ring (bicyclic) bond motifs is 1. The van der Waals surface area contributed by atoms with Gasteiger partial charge in [0.1, 0.15) is 11.6 Å². The molecule has 1 fully saturated rings. The number of nitrogens with zero attached hydrogens (tertiary/aromatic N) is 2. The van der Waals surface area contributed by atoms with E-state index in [1.165, 1.54) is 49.4 Å². The average Bonchev–Trinajstić information content (AvgIpc) is 3.11. The third kappa shape index (κ3) is 5.16. The van der Waals surface area contributed by atoms with Crippen molar-refractivity contribution in [1.82, 2.24) is 9.27 Å². The van der Waals surface area contributed by atoms with Crippen molar-refractivity contribution >= 4 is 39.0 Å². The molecule has 1 saturated heterocycles. The second kappa shape index (κ2) is 9.59. The normalized spacial score (nSPS) is 15.0. The van der Waals surface area contributed by atoms with Gasteiger partial charge in [0, 0.05) is 23.5 Å². The lowest BCUT2D eigenvalue weighted by Crippen LogP contribution is -2.29. The molecule has 2 aromatic carbocycles. The molecule has 0 aliphatic carbocycles. The fourth-order valence-electron chi connectivity index (χ4n) is 3.62. The van der Waals surface area contributed by atoms with Crippen molar-refractivity contribution in [3.63, 3.8) is 0 Å². The zero-order valence-corrected chi connectivity index (χ0v) is 17.6. The topological polar surface area (TPSA) is 37.4 Å². The first kappa shape index (κ1) is 19.5. The molecule has 28 heavy (non-hydrogen) atoms. The molecule has 3 aromatic rings. The molecule has 0 bridgehead atoms. The maximum Gasteiger partial charge on any atom is 0.147 e. The molecule has 0 atom stereocenters. The third-order valence-corrected chi connectivity index (χ3v) is 6.11. The van der Waals surface area contributed by atoms with Gasteiger partial charge in [0.15, 0.2) is 0 Å². The number of nitrogens with one attached hydrogen (secondary N) is 1. The van der Waals surface area contributed by atoms with Crippen molar-refractivity contribution in [3.05, 3.63) is 53.1 Å². The number of anilines is 1. The van der Waals surface area contributed by atoms with Gasteiger partial charge in [0.2, 0.25) is 0 Å². The number of hydrogen-bond acceptors (Lipinski definition) is 5. The molecule has 6 heteroatoms. The van der Waals surface area contributed by atoms with Crippen LogP contribution in [0.25, 0.3) is 10.1 Å². The Balaban J connectivity index is 1.22. The summed E-state index contributed by atoms with van der Waals surface area (Å²) < 4.78 is 11.6. The number of aromatic nitrogens is 1. The van der Waals surface area contributed by atoms with Gasteiger partial charge < -0.3 is 10.1 Å². The first-order chi connectivity index (χ1) is 13.8. The van der Waals surface area contributed by atoms with Crippen molar-refractivity contribution in [2.75, 3.05) is 31.6 Å². The molecule has 1 aromatic heterocycles. The highest BCUT2D eigenvalue weighted by molar-refractivity contribution is 7.13. The van der Waals surface area contributed by atoms with Crippen molar-refractivity contribution in [2.24, 2.45) is 0 Å². The van der Waals surface area contributed by atoms with Crippen LogP contribution in [0.1, 0.15) is 31.2 Å². The number of benzene rings is 2. The smallest absolute Gasteiger partial charge is 0.147 e. The molecule has 1 aliphatic rings. The van der Waals surface area contributed by atoms with Crippen LogP contribution >= 0.6 is 23.1 Å². The number of likely N-dealkylation sites (tertiary alicyclic amines) is 1. The summed E-state index contributed by atoms with van der Waals surface area (Å²) in [4.78, 5) is 2.54. The van der Waals surface area contributed by atoms with Gasteiger partial charge in [-0.1, -0.05) is 30.2 Å². The van der Waals surface area contributed by atoms with E-state index in [0.717, 1.165) is 46.2 Å². The van der Waals surface area contributed by atoms with Crippen LogP contribution in [-0.2, 0) is 6.54 Å². The van der Waals surface area contributed by atoms with E-state index in [9.17, 15) is 0 Å². The second-order valence-corrected chi connectivity index (χ2v) is 8.53. The van der Waals surface area contributed by atoms with Crippen LogP contribution in [0.2, 0.25) is 5.02 Å². The number of ether oxygens (including phenoxy) is 1. The van der Waals surface area contributed by atoms with E-state index in [-0.39, 0.29) is 0 Å². The number of rotatable bonds is 8. The van der Waals surface area contributed by atoms with E-state index in [2.05, 4.69) is 32.8 Å². The summed E-state index contributed by atoms with van der Waals surface area (Å²) in [7, 11) is 0. The lowest BCUT2D eigenvalue weighted by molar-refractivity contribution is 0.220. The molecule has 4 rings (SSSR count). The van der Waals surface area contributed by atoms with E-state index in [0.29, 0.717) is 6.61 Å². The molecular weight excluding hydrogens is 390 g/mol. The minimum Gasteiger partial charge on any atom is -0.494 e. The zero-order chi connectivity index (χ0) is 19.2. The Morgan fingerprint density at radius 3 is 2.89 bits per heavy atom. The van der Waals surface area contributed by atoms with Gasteiger partial charge in [0.05, 0.1) is 11.3 Å². The van der Waals surface area contributed by atoms with Crippen LogP contribution in [0.4, 0.5) is 5.82 Å². The summed E-state index contributed by atoms with van der Waals surface area (Å²) in [5, 5.41) is 5.28. The van der Waals surface area contributed by atoms with E-state index < -0.39 is 0 Å². The van der Waals surface area contributed by atoms with E-state index >= 15 is 0 Å². The largest absolute Gasteiger partial charge is 0.494 e. The van der Waals surface area contributed by atoms with E-state index in [1.54, 1.807) is 0 Å². The summed E-state index contributed by atoms with van der Waals surface area (Å²) >= 11 is 7.51. The maximum atomic E-state index is 6.04. The van der Waals surface area contributed by atoms with Crippen molar-refractivity contribution in [3.8, 4) is 5.75 Å². The Bertz CT molecular complexity index is 908. The van der Waals surface area contributed by atoms with E-state index in [1.807, 2.05) is 24.3 Å². The molecule has 1 aliphatic heterocycles. The van der Waals surface area contributed by atoms with Crippen LogP contribution in [0.3, 0.4) is 0 Å². The summed E-state index contributed by atoms with van der Waals surface area (Å²) in [5.74, 6) is 1.89. The van der Waals surface area contributed by atoms with Crippen molar-refractivity contribution in [1.29, 1.82) is 0 Å². The van der Waals surface area contributed by atoms with Gasteiger partial charge in [-0.3, -0.25) is 4.90 Å². The molecule has 0 spiro atoms. The Labute approximate surface area is 175 Å². The molecule has 0 saturated carbocycles. The first-order valence-corrected chi connectivity index (χ1v) is 11.2. The molecule has 148 valence electrons. The second-order valence-electron chi connectivity index (χ2n) is 7.28. The van der Waals surface area contributed by atoms with Gasteiger partial charge in [-0.2, -0.15) is 4.37 Å². The lowest BCUT2D eigenvalue weighted by atomic mass is 10.1. The van der Waals surface area contributed by atoms with Crippen LogP contribution in [0.5, 0.6) is 5.75 Å². The quantitative estimate of drug-likeness (QED) is 0.470. The number of halogens is 1. The number of piperidine rings is 1. The molecule has 4 nitrogen and oxygen atoms in total. The highest BCUT2D eigenvalue weighted by Crippen LogP contribution is 2.29. The summed E-state index contributed by atoms with van der Waals surface area (Å²) in [6.07, 6.45) is 4.94. The fraction of sp³-hybridized carbons (Fsp3) is 0.409. The highest BCUT2D eigenvalue weighted by atomic mass is 35.5. The van der Waals surface area contributed by atoms with Gasteiger partial charge in [-0.05, 0) is 79.8 Å². The van der Waals surface area contributed by atoms with Gasteiger partial charge in [-0.15, -0.1) is 0 Å². The van der Waals surface area contributed by atoms with Crippen LogP contribution in [-0.4, -0.2) is 35.5 Å². The monoisotopic (exact) mass is 415 g/mol. The van der Waals surface area contributed by atoms with Crippen LogP contribution in [0, 0.1) is 0 Å². The predicted molar refractivity (Wildman–Crippen MR) is 119 cm³/mol. The molecular formula is C22H26ClN3OS. The Morgan fingerprint density at radius 1 is 1.11 bits per heavy atom. The standard InChI is InChI=1S/C22H26ClN3OS/c23-18-8-9-20-21(15-18)28-25-22(20)24-10-5-13-27-19-7-4-6-17(14-19)16-26-11-2-1-3-12-26/h4,6-9,14-15H,1-3,5,10-13,16H2,(H,24,25). The first-order valence-electron chi connectivity index (χ1n) is 10.0. The van der Waals surface area contributed by atoms with E-state index in [4.69, 9.17) is 16.3 Å². The molecule has 0 amide bonds. The van der Waals surface area contributed by atoms with Crippen molar-refractivity contribution < 1.29 is 4.74 Å². The Kier molecular flexibility index (Phi) is 6.68. The highest BCUT2D eigenvalue weighted by Gasteiger charge is 2.10. The molecule has 1 N–H and O–H groups in total. The Hall–Kier alpha value is -1.82. The minimum absolute atomic E-state index is 0.689. The lowest BCUT2D eigenvalue weighted by Gasteiger charge is -2.26. The SMILES string of the molecule is Clc1ccc2c(NCCCOc3cccc(CN4CCCCC4)c3)nsc2c1. The average molecular weight is 416 g/mol. The zero-order valence-electron chi connectivity index (χ0n) is 16.0. The van der Waals surface area contributed by atoms with Crippen molar-refractivity contribution in [2.45, 2.75) is 32.2 Å². The molecule has 0 unspecified atom stereocenters. The fourth-order valence-corrected chi connectivity index (χ4v) is 4.65.